The van der Waals surface area contributed by atoms with E-state index in [-0.39, 0.29) is 33.9 Å². The second kappa shape index (κ2) is 9.14. The Morgan fingerprint density at radius 2 is 1.89 bits per heavy atom. The van der Waals surface area contributed by atoms with E-state index in [2.05, 4.69) is 10.1 Å². The Hall–Kier alpha value is -3.93. The zero-order chi connectivity index (χ0) is 20.7. The summed E-state index contributed by atoms with van der Waals surface area (Å²) in [6.45, 7) is -3.13. The molecule has 2 N–H and O–H groups in total. The van der Waals surface area contributed by atoms with Crippen LogP contribution in [0.4, 0.5) is 14.5 Å². The van der Waals surface area contributed by atoms with Gasteiger partial charge in [0.05, 0.1) is 12.7 Å². The lowest BCUT2D eigenvalue weighted by atomic mass is 10.1. The number of alkyl halides is 2. The summed E-state index contributed by atoms with van der Waals surface area (Å²) in [6, 6.07) is 11.2. The van der Waals surface area contributed by atoms with Gasteiger partial charge in [0.2, 0.25) is 0 Å². The Balaban J connectivity index is 2.31. The van der Waals surface area contributed by atoms with Crippen LogP contribution in [0.1, 0.15) is 15.9 Å². The number of carbonyl (C=O) groups excluding carboxylic acids is 1. The number of hydrogen-bond donors (Lipinski definition) is 2. The first kappa shape index (κ1) is 20.4. The summed E-state index contributed by atoms with van der Waals surface area (Å²) < 4.78 is 34.8. The molecule has 0 aliphatic rings. The van der Waals surface area contributed by atoms with Gasteiger partial charge in [0, 0.05) is 11.3 Å². The summed E-state index contributed by atoms with van der Waals surface area (Å²) in [4.78, 5) is 23.2. The molecule has 2 aromatic rings. The van der Waals surface area contributed by atoms with Gasteiger partial charge in [-0.25, -0.2) is 4.79 Å². The second-order valence-corrected chi connectivity index (χ2v) is 5.26. The number of carbonyl (C=O) groups is 2. The van der Waals surface area contributed by atoms with Gasteiger partial charge in [-0.1, -0.05) is 12.1 Å². The fraction of sp³-hybridized carbons (Fsp3) is 0.105. The van der Waals surface area contributed by atoms with Crippen molar-refractivity contribution in [2.24, 2.45) is 0 Å². The SMILES string of the molecule is COc1cccc(/C=C(\C#N)C(=O)Nc2ccc(C(=O)O)cc2)c1OC(F)F. The van der Waals surface area contributed by atoms with Gasteiger partial charge in [-0.05, 0) is 36.4 Å². The number of amides is 1. The van der Waals surface area contributed by atoms with Gasteiger partial charge < -0.3 is 19.9 Å². The highest BCUT2D eigenvalue weighted by atomic mass is 19.3. The number of anilines is 1. The number of methoxy groups -OCH3 is 1. The number of ether oxygens (including phenoxy) is 2. The van der Waals surface area contributed by atoms with E-state index in [1.54, 1.807) is 6.07 Å². The van der Waals surface area contributed by atoms with Crippen LogP contribution in [-0.4, -0.2) is 30.7 Å². The Morgan fingerprint density at radius 3 is 2.43 bits per heavy atom. The highest BCUT2D eigenvalue weighted by Crippen LogP contribution is 2.34. The van der Waals surface area contributed by atoms with Crippen molar-refractivity contribution in [3.63, 3.8) is 0 Å². The highest BCUT2D eigenvalue weighted by Gasteiger charge is 2.17. The lowest BCUT2D eigenvalue weighted by Crippen LogP contribution is -2.14. The van der Waals surface area contributed by atoms with E-state index in [0.717, 1.165) is 6.08 Å². The number of aromatic carboxylic acids is 1. The Bertz CT molecular complexity index is 950. The molecule has 0 saturated carbocycles. The third kappa shape index (κ3) is 5.04. The summed E-state index contributed by atoms with van der Waals surface area (Å²) >= 11 is 0. The number of halogens is 2. The lowest BCUT2D eigenvalue weighted by molar-refractivity contribution is -0.112. The van der Waals surface area contributed by atoms with Gasteiger partial charge in [-0.15, -0.1) is 0 Å². The molecular weight excluding hydrogens is 374 g/mol. The zero-order valence-electron chi connectivity index (χ0n) is 14.5. The maximum atomic E-state index is 12.7. The minimum absolute atomic E-state index is 0.0102. The summed E-state index contributed by atoms with van der Waals surface area (Å²) in [5.41, 5.74) is -0.0488. The number of nitrogens with one attached hydrogen (secondary N) is 1. The van der Waals surface area contributed by atoms with Gasteiger partial charge in [0.1, 0.15) is 11.6 Å². The fourth-order valence-electron chi connectivity index (χ4n) is 2.22. The Kier molecular flexibility index (Phi) is 6.65. The van der Waals surface area contributed by atoms with E-state index < -0.39 is 18.5 Å². The molecule has 0 aliphatic carbocycles. The lowest BCUT2D eigenvalue weighted by Gasteiger charge is -2.12. The number of rotatable bonds is 7. The third-order valence-electron chi connectivity index (χ3n) is 3.49. The first-order valence-electron chi connectivity index (χ1n) is 7.74. The Labute approximate surface area is 158 Å². The summed E-state index contributed by atoms with van der Waals surface area (Å²) in [6.07, 6.45) is 1.08. The van der Waals surface area contributed by atoms with Crippen LogP contribution in [0.5, 0.6) is 11.5 Å². The number of para-hydroxylation sites is 1. The van der Waals surface area contributed by atoms with Crippen molar-refractivity contribution in [1.29, 1.82) is 5.26 Å². The Morgan fingerprint density at radius 1 is 1.21 bits per heavy atom. The largest absolute Gasteiger partial charge is 0.493 e. The second-order valence-electron chi connectivity index (χ2n) is 5.26. The average Bonchev–Trinajstić information content (AvgIpc) is 2.66. The molecule has 0 heterocycles. The summed E-state index contributed by atoms with van der Waals surface area (Å²) in [5, 5.41) is 20.6. The molecule has 0 aliphatic heterocycles. The van der Waals surface area contributed by atoms with Crippen molar-refractivity contribution in [2.75, 3.05) is 12.4 Å². The van der Waals surface area contributed by atoms with E-state index in [4.69, 9.17) is 9.84 Å². The average molecular weight is 388 g/mol. The molecule has 0 unspecified atom stereocenters. The number of benzene rings is 2. The predicted molar refractivity (Wildman–Crippen MR) is 95.2 cm³/mol. The topological polar surface area (TPSA) is 109 Å². The molecule has 0 fully saturated rings. The molecule has 0 spiro atoms. The van der Waals surface area contributed by atoms with Gasteiger partial charge in [0.15, 0.2) is 11.5 Å². The number of hydrogen-bond acceptors (Lipinski definition) is 5. The van der Waals surface area contributed by atoms with Gasteiger partial charge in [0.25, 0.3) is 5.91 Å². The van der Waals surface area contributed by atoms with Crippen LogP contribution < -0.4 is 14.8 Å². The molecule has 0 aromatic heterocycles. The van der Waals surface area contributed by atoms with Gasteiger partial charge in [-0.2, -0.15) is 14.0 Å². The zero-order valence-corrected chi connectivity index (χ0v) is 14.5. The number of carboxylic acids is 1. The van der Waals surface area contributed by atoms with Crippen molar-refractivity contribution < 1.29 is 33.0 Å². The third-order valence-corrected chi connectivity index (χ3v) is 3.49. The van der Waals surface area contributed by atoms with Crippen molar-refractivity contribution in [3.8, 4) is 17.6 Å². The van der Waals surface area contributed by atoms with Crippen molar-refractivity contribution in [2.45, 2.75) is 6.61 Å². The number of nitrogens with zero attached hydrogens (tertiary/aromatic N) is 1. The molecule has 2 rings (SSSR count). The van der Waals surface area contributed by atoms with Crippen LogP contribution in [0.25, 0.3) is 6.08 Å². The smallest absolute Gasteiger partial charge is 0.387 e. The van der Waals surface area contributed by atoms with Crippen LogP contribution >= 0.6 is 0 Å². The van der Waals surface area contributed by atoms with E-state index in [9.17, 15) is 23.6 Å². The molecule has 0 saturated heterocycles. The molecule has 0 atom stereocenters. The van der Waals surface area contributed by atoms with Crippen LogP contribution in [0.2, 0.25) is 0 Å². The number of carboxylic acid groups (broad SMARTS) is 1. The maximum Gasteiger partial charge on any atom is 0.387 e. The first-order valence-corrected chi connectivity index (χ1v) is 7.74. The molecule has 9 heteroatoms. The quantitative estimate of drug-likeness (QED) is 0.555. The minimum Gasteiger partial charge on any atom is -0.493 e. The van der Waals surface area contributed by atoms with Gasteiger partial charge >= 0.3 is 12.6 Å². The van der Waals surface area contributed by atoms with Crippen molar-refractivity contribution >= 4 is 23.6 Å². The van der Waals surface area contributed by atoms with Gasteiger partial charge in [-0.3, -0.25) is 4.79 Å². The molecule has 7 nitrogen and oxygen atoms in total. The molecule has 1 amide bonds. The molecule has 2 aromatic carbocycles. The minimum atomic E-state index is -3.13. The molecule has 144 valence electrons. The number of nitriles is 1. The highest BCUT2D eigenvalue weighted by molar-refractivity contribution is 6.10. The van der Waals surface area contributed by atoms with Crippen LogP contribution in [0.3, 0.4) is 0 Å². The standard InChI is InChI=1S/C19H14F2N2O5/c1-27-15-4-2-3-12(16(15)28-19(20)21)9-13(10-22)17(24)23-14-7-5-11(6-8-14)18(25)26/h2-9,19H,1H3,(H,23,24)(H,25,26)/b13-9+. The molecule has 28 heavy (non-hydrogen) atoms. The summed E-state index contributed by atoms with van der Waals surface area (Å²) in [7, 11) is 1.26. The normalized spacial score (nSPS) is 10.9. The monoisotopic (exact) mass is 388 g/mol. The fourth-order valence-corrected chi connectivity index (χ4v) is 2.22. The van der Waals surface area contributed by atoms with Crippen molar-refractivity contribution in [3.05, 3.63) is 59.2 Å². The molecule has 0 bridgehead atoms. The molecule has 0 radical (unpaired) electrons. The van der Waals surface area contributed by atoms with E-state index in [1.807, 2.05) is 0 Å². The van der Waals surface area contributed by atoms with E-state index >= 15 is 0 Å². The van der Waals surface area contributed by atoms with Crippen LogP contribution in [0, 0.1) is 11.3 Å². The van der Waals surface area contributed by atoms with E-state index in [1.165, 1.54) is 49.6 Å². The maximum absolute atomic E-state index is 12.7. The van der Waals surface area contributed by atoms with Crippen LogP contribution in [0.15, 0.2) is 48.0 Å². The summed E-state index contributed by atoms with van der Waals surface area (Å²) in [5.74, 6) is -2.24. The van der Waals surface area contributed by atoms with E-state index in [0.29, 0.717) is 0 Å². The van der Waals surface area contributed by atoms with Crippen LogP contribution in [-0.2, 0) is 4.79 Å². The predicted octanol–water partition coefficient (Wildman–Crippen LogP) is 3.54. The first-order chi connectivity index (χ1) is 13.3. The molecular formula is C19H14F2N2O5. The van der Waals surface area contributed by atoms with Crippen molar-refractivity contribution in [1.82, 2.24) is 0 Å².